The van der Waals surface area contributed by atoms with Crippen molar-refractivity contribution in [2.75, 3.05) is 14.1 Å². The van der Waals surface area contributed by atoms with Gasteiger partial charge in [0.25, 0.3) is 5.56 Å². The van der Waals surface area contributed by atoms with E-state index in [0.717, 1.165) is 4.31 Å². The SMILES string of the molecule is C[C@H](Sc1ccc(S(=O)(=O)N(C)C)cn1)c1nc2ccccc2c(=O)[nH]1. The van der Waals surface area contributed by atoms with Gasteiger partial charge in [-0.2, -0.15) is 0 Å². The van der Waals surface area contributed by atoms with Crippen molar-refractivity contribution in [3.8, 4) is 0 Å². The van der Waals surface area contributed by atoms with E-state index in [-0.39, 0.29) is 15.7 Å². The van der Waals surface area contributed by atoms with Crippen molar-refractivity contribution in [3.63, 3.8) is 0 Å². The maximum Gasteiger partial charge on any atom is 0.258 e. The largest absolute Gasteiger partial charge is 0.309 e. The van der Waals surface area contributed by atoms with Gasteiger partial charge in [-0.3, -0.25) is 4.79 Å². The molecule has 2 heterocycles. The van der Waals surface area contributed by atoms with Gasteiger partial charge in [0.05, 0.1) is 21.2 Å². The molecule has 3 aromatic rings. The Morgan fingerprint density at radius 1 is 1.15 bits per heavy atom. The molecule has 0 aliphatic heterocycles. The highest BCUT2D eigenvalue weighted by Gasteiger charge is 2.18. The molecule has 1 aromatic carbocycles. The Morgan fingerprint density at radius 3 is 2.54 bits per heavy atom. The van der Waals surface area contributed by atoms with Crippen LogP contribution in [0, 0.1) is 0 Å². The Bertz CT molecular complexity index is 1090. The van der Waals surface area contributed by atoms with Crippen molar-refractivity contribution in [2.45, 2.75) is 22.1 Å². The van der Waals surface area contributed by atoms with Crippen molar-refractivity contribution in [1.29, 1.82) is 0 Å². The topological polar surface area (TPSA) is 96.0 Å². The van der Waals surface area contributed by atoms with E-state index < -0.39 is 10.0 Å². The van der Waals surface area contributed by atoms with Crippen molar-refractivity contribution in [3.05, 3.63) is 58.8 Å². The number of sulfonamides is 1. The van der Waals surface area contributed by atoms with Crippen LogP contribution in [-0.2, 0) is 10.0 Å². The van der Waals surface area contributed by atoms with Gasteiger partial charge < -0.3 is 4.98 Å². The van der Waals surface area contributed by atoms with E-state index in [2.05, 4.69) is 15.0 Å². The van der Waals surface area contributed by atoms with E-state index in [0.29, 0.717) is 21.8 Å². The minimum atomic E-state index is -3.50. The van der Waals surface area contributed by atoms with Crippen LogP contribution >= 0.6 is 11.8 Å². The van der Waals surface area contributed by atoms with Crippen LogP contribution in [0.3, 0.4) is 0 Å². The minimum Gasteiger partial charge on any atom is -0.309 e. The second-order valence-corrected chi connectivity index (χ2v) is 9.36. The number of hydrogen-bond acceptors (Lipinski definition) is 6. The van der Waals surface area contributed by atoms with Crippen LogP contribution in [0.4, 0.5) is 0 Å². The maximum atomic E-state index is 12.2. The number of rotatable bonds is 5. The van der Waals surface area contributed by atoms with E-state index >= 15 is 0 Å². The predicted molar refractivity (Wildman–Crippen MR) is 102 cm³/mol. The number of thioether (sulfide) groups is 1. The molecular weight excluding hydrogens is 372 g/mol. The first-order valence-electron chi connectivity index (χ1n) is 7.83. The first kappa shape index (κ1) is 18.6. The molecule has 7 nitrogen and oxygen atoms in total. The summed E-state index contributed by atoms with van der Waals surface area (Å²) in [6.45, 7) is 1.91. The van der Waals surface area contributed by atoms with Gasteiger partial charge in [-0.15, -0.1) is 0 Å². The summed E-state index contributed by atoms with van der Waals surface area (Å²) in [4.78, 5) is 23.8. The van der Waals surface area contributed by atoms with Crippen LogP contribution in [0.15, 0.2) is 57.3 Å². The lowest BCUT2D eigenvalue weighted by atomic mass is 10.2. The average Bonchev–Trinajstić information content (AvgIpc) is 2.62. The summed E-state index contributed by atoms with van der Waals surface area (Å²) < 4.78 is 25.3. The fourth-order valence-electron chi connectivity index (χ4n) is 2.33. The quantitative estimate of drug-likeness (QED) is 0.672. The number of nitrogens with one attached hydrogen (secondary N) is 1. The van der Waals surface area contributed by atoms with Crippen LogP contribution in [0.2, 0.25) is 0 Å². The molecule has 0 bridgehead atoms. The summed E-state index contributed by atoms with van der Waals surface area (Å²) in [6, 6.07) is 10.3. The highest BCUT2D eigenvalue weighted by molar-refractivity contribution is 7.99. The second-order valence-electron chi connectivity index (χ2n) is 5.85. The van der Waals surface area contributed by atoms with Gasteiger partial charge in [-0.25, -0.2) is 22.7 Å². The molecule has 9 heteroatoms. The van der Waals surface area contributed by atoms with E-state index in [1.165, 1.54) is 38.1 Å². The summed E-state index contributed by atoms with van der Waals surface area (Å²) in [5.41, 5.74) is 0.456. The predicted octanol–water partition coefficient (Wildman–Crippen LogP) is 2.42. The zero-order valence-corrected chi connectivity index (χ0v) is 16.1. The molecule has 0 spiro atoms. The number of fused-ring (bicyclic) bond motifs is 1. The van der Waals surface area contributed by atoms with Gasteiger partial charge in [0.1, 0.15) is 10.7 Å². The third kappa shape index (κ3) is 3.64. The monoisotopic (exact) mass is 390 g/mol. The summed E-state index contributed by atoms with van der Waals surface area (Å²) in [6.07, 6.45) is 1.33. The van der Waals surface area contributed by atoms with Crippen molar-refractivity contribution in [1.82, 2.24) is 19.3 Å². The molecule has 0 fully saturated rings. The molecule has 0 amide bonds. The summed E-state index contributed by atoms with van der Waals surface area (Å²) in [5, 5.41) is 1.03. The molecular formula is C17H18N4O3S2. The molecule has 1 atom stereocenters. The van der Waals surface area contributed by atoms with Gasteiger partial charge >= 0.3 is 0 Å². The lowest BCUT2D eigenvalue weighted by molar-refractivity contribution is 0.520. The number of aromatic amines is 1. The standard InChI is InChI=1S/C17H18N4O3S2/c1-11(16-19-14-7-5-4-6-13(14)17(22)20-16)25-15-9-8-12(10-18-15)26(23,24)21(2)3/h4-11H,1-3H3,(H,19,20,22)/t11-/m0/s1. The molecule has 0 saturated carbocycles. The normalized spacial score (nSPS) is 13.2. The van der Waals surface area contributed by atoms with Crippen LogP contribution in [0.25, 0.3) is 10.9 Å². The van der Waals surface area contributed by atoms with Gasteiger partial charge in [0.15, 0.2) is 0 Å². The van der Waals surface area contributed by atoms with E-state index in [9.17, 15) is 13.2 Å². The van der Waals surface area contributed by atoms with Crippen LogP contribution in [0.5, 0.6) is 0 Å². The van der Waals surface area contributed by atoms with Crippen molar-refractivity contribution in [2.24, 2.45) is 0 Å². The first-order chi connectivity index (χ1) is 12.3. The third-order valence-corrected chi connectivity index (χ3v) is 6.66. The fourth-order valence-corrected chi connectivity index (χ4v) is 4.03. The molecule has 0 aliphatic rings. The Morgan fingerprint density at radius 2 is 1.88 bits per heavy atom. The van der Waals surface area contributed by atoms with Crippen molar-refractivity contribution >= 4 is 32.7 Å². The highest BCUT2D eigenvalue weighted by Crippen LogP contribution is 2.32. The molecule has 0 aliphatic carbocycles. The molecule has 136 valence electrons. The minimum absolute atomic E-state index is 0.136. The zero-order chi connectivity index (χ0) is 18.9. The van der Waals surface area contributed by atoms with E-state index in [1.54, 1.807) is 24.3 Å². The lowest BCUT2D eigenvalue weighted by Crippen LogP contribution is -2.22. The molecule has 26 heavy (non-hydrogen) atoms. The first-order valence-corrected chi connectivity index (χ1v) is 10.1. The Kier molecular flexibility index (Phi) is 5.12. The highest BCUT2D eigenvalue weighted by atomic mass is 32.2. The van der Waals surface area contributed by atoms with E-state index in [4.69, 9.17) is 0 Å². The van der Waals surface area contributed by atoms with Gasteiger partial charge in [0.2, 0.25) is 10.0 Å². The second kappa shape index (κ2) is 7.18. The van der Waals surface area contributed by atoms with Gasteiger partial charge in [-0.1, -0.05) is 23.9 Å². The van der Waals surface area contributed by atoms with E-state index in [1.807, 2.05) is 13.0 Å². The van der Waals surface area contributed by atoms with Gasteiger partial charge in [-0.05, 0) is 31.2 Å². The lowest BCUT2D eigenvalue weighted by Gasteiger charge is -2.13. The maximum absolute atomic E-state index is 12.2. The number of benzene rings is 1. The Labute approximate surface area is 155 Å². The number of aromatic nitrogens is 3. The summed E-state index contributed by atoms with van der Waals surface area (Å²) in [7, 11) is -0.554. The molecule has 0 saturated heterocycles. The number of H-pyrrole nitrogens is 1. The molecule has 2 aromatic heterocycles. The van der Waals surface area contributed by atoms with Crippen molar-refractivity contribution < 1.29 is 8.42 Å². The number of hydrogen-bond donors (Lipinski definition) is 1. The molecule has 0 radical (unpaired) electrons. The molecule has 3 rings (SSSR count). The number of para-hydroxylation sites is 1. The Balaban J connectivity index is 1.84. The van der Waals surface area contributed by atoms with Crippen LogP contribution in [-0.4, -0.2) is 41.8 Å². The summed E-state index contributed by atoms with van der Waals surface area (Å²) >= 11 is 1.39. The van der Waals surface area contributed by atoms with Crippen LogP contribution in [0.1, 0.15) is 18.0 Å². The van der Waals surface area contributed by atoms with Crippen LogP contribution < -0.4 is 5.56 Å². The average molecular weight is 390 g/mol. The molecule has 1 N–H and O–H groups in total. The fraction of sp³-hybridized carbons (Fsp3) is 0.235. The smallest absolute Gasteiger partial charge is 0.258 e. The number of nitrogens with zero attached hydrogens (tertiary/aromatic N) is 3. The third-order valence-electron chi connectivity index (χ3n) is 3.80. The Hall–Kier alpha value is -2.23. The summed E-state index contributed by atoms with van der Waals surface area (Å²) in [5.74, 6) is 0.547. The van der Waals surface area contributed by atoms with Gasteiger partial charge in [0, 0.05) is 20.3 Å². The number of pyridine rings is 1. The zero-order valence-electron chi connectivity index (χ0n) is 14.5. The molecule has 0 unspecified atom stereocenters.